The molecular formula is C20H19N3O2S. The van der Waals surface area contributed by atoms with E-state index < -0.39 is 0 Å². The fourth-order valence-electron chi connectivity index (χ4n) is 2.44. The Morgan fingerprint density at radius 1 is 1.12 bits per heavy atom. The Hall–Kier alpha value is -3.12. The largest absolute Gasteiger partial charge is 0.397 e. The van der Waals surface area contributed by atoms with E-state index >= 15 is 0 Å². The molecular weight excluding hydrogens is 346 g/mol. The van der Waals surface area contributed by atoms with Crippen LogP contribution in [-0.4, -0.2) is 12.1 Å². The Morgan fingerprint density at radius 3 is 2.58 bits per heavy atom. The second kappa shape index (κ2) is 8.31. The Balaban J connectivity index is 1.82. The van der Waals surface area contributed by atoms with E-state index in [-0.39, 0.29) is 12.0 Å². The lowest BCUT2D eigenvalue weighted by molar-refractivity contribution is 0.0910. The molecule has 0 saturated carbocycles. The summed E-state index contributed by atoms with van der Waals surface area (Å²) in [4.78, 5) is 19.6. The van der Waals surface area contributed by atoms with Crippen molar-refractivity contribution in [2.45, 2.75) is 13.0 Å². The van der Waals surface area contributed by atoms with Crippen LogP contribution >= 0.6 is 11.3 Å². The molecule has 0 bridgehead atoms. The van der Waals surface area contributed by atoms with Crippen molar-refractivity contribution in [1.82, 2.24) is 0 Å². The highest BCUT2D eigenvalue weighted by Gasteiger charge is 2.20. The van der Waals surface area contributed by atoms with Crippen molar-refractivity contribution >= 4 is 34.8 Å². The molecule has 3 rings (SSSR count). The highest BCUT2D eigenvalue weighted by Crippen LogP contribution is 2.32. The summed E-state index contributed by atoms with van der Waals surface area (Å²) in [5.41, 5.74) is 7.98. The average Bonchev–Trinajstić information content (AvgIpc) is 3.15. The van der Waals surface area contributed by atoms with E-state index in [1.165, 1.54) is 11.3 Å². The van der Waals surface area contributed by atoms with Gasteiger partial charge in [0.05, 0.1) is 21.1 Å². The smallest absolute Gasteiger partial charge is 0.265 e. The molecule has 0 aliphatic heterocycles. The van der Waals surface area contributed by atoms with Gasteiger partial charge in [-0.15, -0.1) is 11.3 Å². The molecule has 0 aliphatic carbocycles. The molecule has 1 atom stereocenters. The van der Waals surface area contributed by atoms with Crippen LogP contribution in [0.4, 0.5) is 11.4 Å². The first-order valence-corrected chi connectivity index (χ1v) is 8.95. The number of anilines is 2. The van der Waals surface area contributed by atoms with Crippen molar-refractivity contribution in [3.05, 3.63) is 82.0 Å². The molecule has 0 aliphatic rings. The van der Waals surface area contributed by atoms with Gasteiger partial charge in [-0.2, -0.15) is 0 Å². The maximum Gasteiger partial charge on any atom is 0.265 e. The van der Waals surface area contributed by atoms with Crippen molar-refractivity contribution in [3.63, 3.8) is 0 Å². The number of rotatable bonds is 6. The highest BCUT2D eigenvalue weighted by atomic mass is 32.1. The lowest BCUT2D eigenvalue weighted by Gasteiger charge is -2.13. The van der Waals surface area contributed by atoms with Gasteiger partial charge in [-0.05, 0) is 31.2 Å². The van der Waals surface area contributed by atoms with E-state index in [9.17, 15) is 4.79 Å². The molecule has 1 amide bonds. The molecule has 2 aromatic carbocycles. The molecule has 1 unspecified atom stereocenters. The van der Waals surface area contributed by atoms with Gasteiger partial charge in [-0.25, -0.2) is 0 Å². The number of nitrogens with one attached hydrogen (secondary N) is 1. The Morgan fingerprint density at radius 2 is 1.85 bits per heavy atom. The summed E-state index contributed by atoms with van der Waals surface area (Å²) in [6, 6.07) is 20.6. The third-order valence-corrected chi connectivity index (χ3v) is 4.82. The molecule has 0 spiro atoms. The van der Waals surface area contributed by atoms with E-state index in [0.29, 0.717) is 16.3 Å². The van der Waals surface area contributed by atoms with E-state index in [2.05, 4.69) is 10.5 Å². The molecule has 132 valence electrons. The van der Waals surface area contributed by atoms with Gasteiger partial charge in [-0.1, -0.05) is 47.6 Å². The van der Waals surface area contributed by atoms with Gasteiger partial charge in [0.15, 0.2) is 6.10 Å². The first-order chi connectivity index (χ1) is 12.7. The number of hydrogen-bond acceptors (Lipinski definition) is 5. The normalized spacial score (nSPS) is 12.0. The maximum atomic E-state index is 12.5. The Bertz CT molecular complexity index is 906. The van der Waals surface area contributed by atoms with E-state index in [4.69, 9.17) is 10.6 Å². The zero-order valence-corrected chi connectivity index (χ0v) is 15.1. The minimum atomic E-state index is -0.360. The van der Waals surface area contributed by atoms with Crippen LogP contribution in [0.5, 0.6) is 0 Å². The molecule has 1 heterocycles. The monoisotopic (exact) mass is 365 g/mol. The molecule has 5 nitrogen and oxygen atoms in total. The van der Waals surface area contributed by atoms with Crippen LogP contribution < -0.4 is 11.1 Å². The zero-order valence-electron chi connectivity index (χ0n) is 14.3. The van der Waals surface area contributed by atoms with Crippen LogP contribution in [0.25, 0.3) is 0 Å². The number of carbonyl (C=O) groups excluding carboxylic acids is 1. The van der Waals surface area contributed by atoms with Crippen LogP contribution in [0.3, 0.4) is 0 Å². The first-order valence-electron chi connectivity index (χ1n) is 8.13. The molecule has 3 aromatic rings. The summed E-state index contributed by atoms with van der Waals surface area (Å²) in [6.07, 6.45) is 1.23. The number of nitrogen functional groups attached to an aromatic ring is 1. The molecule has 6 heteroatoms. The second-order valence-corrected chi connectivity index (χ2v) is 6.62. The lowest BCUT2D eigenvalue weighted by atomic mass is 10.1. The van der Waals surface area contributed by atoms with Crippen LogP contribution in [0, 0.1) is 0 Å². The number of thiophene rings is 1. The number of para-hydroxylation sites is 2. The van der Waals surface area contributed by atoms with Crippen molar-refractivity contribution in [2.75, 3.05) is 11.1 Å². The highest BCUT2D eigenvalue weighted by molar-refractivity contribution is 7.14. The predicted octanol–water partition coefficient (Wildman–Crippen LogP) is 4.69. The fourth-order valence-corrected chi connectivity index (χ4v) is 3.39. The van der Waals surface area contributed by atoms with Crippen LogP contribution in [0.1, 0.15) is 33.1 Å². The summed E-state index contributed by atoms with van der Waals surface area (Å²) < 4.78 is 0. The summed E-state index contributed by atoms with van der Waals surface area (Å²) in [5, 5.41) is 6.76. The first kappa shape index (κ1) is 17.7. The average molecular weight is 365 g/mol. The molecule has 1 aromatic heterocycles. The SMILES string of the molecule is CC=NOC(c1ccccc1)c1ccc(C(=O)Nc2ccccc2N)s1. The molecule has 26 heavy (non-hydrogen) atoms. The summed E-state index contributed by atoms with van der Waals surface area (Å²) in [6.45, 7) is 1.79. The van der Waals surface area contributed by atoms with E-state index in [1.54, 1.807) is 31.3 Å². The molecule has 3 N–H and O–H groups in total. The van der Waals surface area contributed by atoms with Gasteiger partial charge < -0.3 is 15.9 Å². The number of nitrogens with zero attached hydrogens (tertiary/aromatic N) is 1. The van der Waals surface area contributed by atoms with Gasteiger partial charge >= 0.3 is 0 Å². The van der Waals surface area contributed by atoms with Gasteiger partial charge in [0.2, 0.25) is 0 Å². The topological polar surface area (TPSA) is 76.7 Å². The summed E-state index contributed by atoms with van der Waals surface area (Å²) in [5.74, 6) is -0.204. The van der Waals surface area contributed by atoms with Crippen LogP contribution in [0.15, 0.2) is 71.9 Å². The molecule has 0 saturated heterocycles. The molecule has 0 radical (unpaired) electrons. The number of amides is 1. The van der Waals surface area contributed by atoms with Gasteiger partial charge in [0.1, 0.15) is 0 Å². The summed E-state index contributed by atoms with van der Waals surface area (Å²) in [7, 11) is 0. The van der Waals surface area contributed by atoms with Crippen molar-refractivity contribution in [2.24, 2.45) is 5.16 Å². The lowest BCUT2D eigenvalue weighted by Crippen LogP contribution is -2.11. The minimum Gasteiger partial charge on any atom is -0.397 e. The second-order valence-electron chi connectivity index (χ2n) is 5.50. The van der Waals surface area contributed by atoms with Gasteiger partial charge in [0.25, 0.3) is 5.91 Å². The Kier molecular flexibility index (Phi) is 5.66. The third-order valence-electron chi connectivity index (χ3n) is 3.69. The predicted molar refractivity (Wildman–Crippen MR) is 107 cm³/mol. The number of carbonyl (C=O) groups is 1. The Labute approximate surface area is 156 Å². The van der Waals surface area contributed by atoms with Crippen molar-refractivity contribution < 1.29 is 9.63 Å². The maximum absolute atomic E-state index is 12.5. The van der Waals surface area contributed by atoms with Gasteiger partial charge in [0, 0.05) is 11.8 Å². The fraction of sp³-hybridized carbons (Fsp3) is 0.100. The summed E-state index contributed by atoms with van der Waals surface area (Å²) >= 11 is 1.37. The van der Waals surface area contributed by atoms with E-state index in [0.717, 1.165) is 10.4 Å². The van der Waals surface area contributed by atoms with Crippen molar-refractivity contribution in [1.29, 1.82) is 0 Å². The number of benzene rings is 2. The number of hydrogen-bond donors (Lipinski definition) is 2. The van der Waals surface area contributed by atoms with Gasteiger partial charge in [-0.3, -0.25) is 4.79 Å². The zero-order chi connectivity index (χ0) is 18.4. The minimum absolute atomic E-state index is 0.204. The third kappa shape index (κ3) is 4.10. The number of nitrogens with two attached hydrogens (primary N) is 1. The van der Waals surface area contributed by atoms with Crippen molar-refractivity contribution in [3.8, 4) is 0 Å². The number of oxime groups is 1. The van der Waals surface area contributed by atoms with E-state index in [1.807, 2.05) is 48.5 Å². The quantitative estimate of drug-likeness (QED) is 0.378. The van der Waals surface area contributed by atoms with Crippen LogP contribution in [-0.2, 0) is 4.84 Å². The molecule has 0 fully saturated rings. The van der Waals surface area contributed by atoms with Crippen LogP contribution in [0.2, 0.25) is 0 Å². The standard InChI is InChI=1S/C20H19N3O2S/c1-2-22-25-19(14-8-4-3-5-9-14)17-12-13-18(26-17)20(24)23-16-11-7-6-10-15(16)21/h2-13,19H,21H2,1H3,(H,23,24).